The van der Waals surface area contributed by atoms with Crippen molar-refractivity contribution in [2.75, 3.05) is 7.11 Å². The first kappa shape index (κ1) is 10.8. The first-order chi connectivity index (χ1) is 8.90. The Labute approximate surface area is 106 Å². The molecule has 2 aromatic carbocycles. The van der Waals surface area contributed by atoms with E-state index in [2.05, 4.69) is 23.2 Å². The molecule has 0 amide bonds. The summed E-state index contributed by atoms with van der Waals surface area (Å²) in [5.74, 6) is 0.672. The smallest absolute Gasteiger partial charge is 0.221 e. The fourth-order valence-corrected chi connectivity index (χ4v) is 2.18. The summed E-state index contributed by atoms with van der Waals surface area (Å²) >= 11 is 0. The third-order valence-corrected chi connectivity index (χ3v) is 3.04. The summed E-state index contributed by atoms with van der Waals surface area (Å²) in [7, 11) is 1.65. The lowest BCUT2D eigenvalue weighted by Crippen LogP contribution is -1.91. The number of fused-ring (bicyclic) bond motifs is 1. The molecule has 3 aromatic rings. The maximum absolute atomic E-state index is 5.31. The van der Waals surface area contributed by atoms with Crippen LogP contribution in [0.3, 0.4) is 0 Å². The van der Waals surface area contributed by atoms with Gasteiger partial charge in [-0.2, -0.15) is 0 Å². The van der Waals surface area contributed by atoms with Crippen molar-refractivity contribution < 1.29 is 4.74 Å². The molecule has 1 heterocycles. The van der Waals surface area contributed by atoms with Crippen molar-refractivity contribution >= 4 is 10.8 Å². The van der Waals surface area contributed by atoms with Crippen molar-refractivity contribution in [3.05, 3.63) is 60.8 Å². The molecule has 0 bridgehead atoms. The number of rotatable bonds is 2. The average molecular weight is 235 g/mol. The van der Waals surface area contributed by atoms with Gasteiger partial charge >= 0.3 is 0 Å². The first-order valence-electron chi connectivity index (χ1n) is 5.87. The lowest BCUT2D eigenvalue weighted by molar-refractivity contribution is 0.403. The van der Waals surface area contributed by atoms with Gasteiger partial charge in [0.1, 0.15) is 0 Å². The Morgan fingerprint density at radius 2 is 1.50 bits per heavy atom. The number of pyridine rings is 1. The van der Waals surface area contributed by atoms with E-state index in [1.54, 1.807) is 7.11 Å². The Bertz CT molecular complexity index is 677. The summed E-state index contributed by atoms with van der Waals surface area (Å²) in [5.41, 5.74) is 2.30. The zero-order valence-electron chi connectivity index (χ0n) is 10.1. The highest BCUT2D eigenvalue weighted by Gasteiger charge is 2.08. The molecule has 18 heavy (non-hydrogen) atoms. The molecule has 0 N–H and O–H groups in total. The molecular formula is C16H13NO. The van der Waals surface area contributed by atoms with Gasteiger partial charge in [0.15, 0.2) is 0 Å². The average Bonchev–Trinajstić information content (AvgIpc) is 2.47. The molecule has 0 fully saturated rings. The van der Waals surface area contributed by atoms with Gasteiger partial charge in [-0.25, -0.2) is 4.98 Å². The molecule has 0 saturated heterocycles. The van der Waals surface area contributed by atoms with E-state index >= 15 is 0 Å². The highest BCUT2D eigenvalue weighted by atomic mass is 16.5. The van der Waals surface area contributed by atoms with Crippen LogP contribution in [-0.2, 0) is 0 Å². The summed E-state index contributed by atoms with van der Waals surface area (Å²) in [4.78, 5) is 4.38. The van der Waals surface area contributed by atoms with Gasteiger partial charge in [0.25, 0.3) is 0 Å². The molecule has 0 atom stereocenters. The quantitative estimate of drug-likeness (QED) is 0.671. The van der Waals surface area contributed by atoms with E-state index in [0.717, 1.165) is 16.3 Å². The minimum absolute atomic E-state index is 0.672. The molecular weight excluding hydrogens is 222 g/mol. The molecule has 0 radical (unpaired) electrons. The standard InChI is InChI=1S/C16H13NO/c1-18-16-14-10-6-5-9-13(14)15(11-17-16)12-7-3-2-4-8-12/h2-11H,1H3. The number of hydrogen-bond donors (Lipinski definition) is 0. The minimum atomic E-state index is 0.672. The molecule has 0 unspecified atom stereocenters. The number of ether oxygens (including phenoxy) is 1. The van der Waals surface area contributed by atoms with Crippen molar-refractivity contribution in [1.82, 2.24) is 4.98 Å². The van der Waals surface area contributed by atoms with Crippen LogP contribution in [-0.4, -0.2) is 12.1 Å². The molecule has 0 saturated carbocycles. The van der Waals surface area contributed by atoms with Gasteiger partial charge in [0.05, 0.1) is 7.11 Å². The molecule has 2 heteroatoms. The normalized spacial score (nSPS) is 10.5. The minimum Gasteiger partial charge on any atom is -0.481 e. The molecule has 0 aliphatic heterocycles. The van der Waals surface area contributed by atoms with E-state index in [1.165, 1.54) is 5.56 Å². The monoisotopic (exact) mass is 235 g/mol. The Morgan fingerprint density at radius 3 is 2.22 bits per heavy atom. The Kier molecular flexibility index (Phi) is 2.69. The summed E-state index contributed by atoms with van der Waals surface area (Å²) in [5, 5.41) is 2.21. The number of nitrogens with zero attached hydrogens (tertiary/aromatic N) is 1. The summed E-state index contributed by atoms with van der Waals surface area (Å²) in [6, 6.07) is 18.4. The first-order valence-corrected chi connectivity index (χ1v) is 5.87. The van der Waals surface area contributed by atoms with Gasteiger partial charge in [-0.15, -0.1) is 0 Å². The number of aromatic nitrogens is 1. The second-order valence-corrected chi connectivity index (χ2v) is 4.09. The number of benzene rings is 2. The van der Waals surface area contributed by atoms with E-state index < -0.39 is 0 Å². The van der Waals surface area contributed by atoms with E-state index in [1.807, 2.05) is 42.6 Å². The maximum atomic E-state index is 5.31. The SMILES string of the molecule is COc1ncc(-c2ccccc2)c2ccccc12. The van der Waals surface area contributed by atoms with Gasteiger partial charge in [-0.3, -0.25) is 0 Å². The highest BCUT2D eigenvalue weighted by Crippen LogP contribution is 2.32. The number of hydrogen-bond acceptors (Lipinski definition) is 2. The van der Waals surface area contributed by atoms with Crippen LogP contribution < -0.4 is 4.74 Å². The fourth-order valence-electron chi connectivity index (χ4n) is 2.18. The zero-order valence-corrected chi connectivity index (χ0v) is 10.1. The summed E-state index contributed by atoms with van der Waals surface area (Å²) in [6.45, 7) is 0. The van der Waals surface area contributed by atoms with Crippen LogP contribution in [0, 0.1) is 0 Å². The highest BCUT2D eigenvalue weighted by molar-refractivity contribution is 5.98. The maximum Gasteiger partial charge on any atom is 0.221 e. The van der Waals surface area contributed by atoms with Crippen LogP contribution in [0.5, 0.6) is 5.88 Å². The van der Waals surface area contributed by atoms with Crippen molar-refractivity contribution in [3.8, 4) is 17.0 Å². The molecule has 0 spiro atoms. The molecule has 88 valence electrons. The Balaban J connectivity index is 2.32. The van der Waals surface area contributed by atoms with Crippen LogP contribution in [0.2, 0.25) is 0 Å². The zero-order chi connectivity index (χ0) is 12.4. The second-order valence-electron chi connectivity index (χ2n) is 4.09. The van der Waals surface area contributed by atoms with Crippen LogP contribution >= 0.6 is 0 Å². The third kappa shape index (κ3) is 1.72. The molecule has 0 aliphatic carbocycles. The fraction of sp³-hybridized carbons (Fsp3) is 0.0625. The van der Waals surface area contributed by atoms with Crippen LogP contribution in [0.1, 0.15) is 0 Å². The lowest BCUT2D eigenvalue weighted by Gasteiger charge is -2.09. The van der Waals surface area contributed by atoms with Gasteiger partial charge in [-0.1, -0.05) is 48.5 Å². The van der Waals surface area contributed by atoms with Gasteiger partial charge in [0, 0.05) is 17.1 Å². The van der Waals surface area contributed by atoms with Crippen molar-refractivity contribution in [3.63, 3.8) is 0 Å². The Morgan fingerprint density at radius 1 is 0.833 bits per heavy atom. The van der Waals surface area contributed by atoms with Gasteiger partial charge in [-0.05, 0) is 17.0 Å². The van der Waals surface area contributed by atoms with Crippen LogP contribution in [0.25, 0.3) is 21.9 Å². The van der Waals surface area contributed by atoms with Crippen LogP contribution in [0.15, 0.2) is 60.8 Å². The topological polar surface area (TPSA) is 22.1 Å². The van der Waals surface area contributed by atoms with Crippen LogP contribution in [0.4, 0.5) is 0 Å². The van der Waals surface area contributed by atoms with Crippen molar-refractivity contribution in [2.24, 2.45) is 0 Å². The van der Waals surface area contributed by atoms with Gasteiger partial charge in [0.2, 0.25) is 5.88 Å². The van der Waals surface area contributed by atoms with E-state index in [-0.39, 0.29) is 0 Å². The number of methoxy groups -OCH3 is 1. The second kappa shape index (κ2) is 4.49. The lowest BCUT2D eigenvalue weighted by atomic mass is 10.0. The van der Waals surface area contributed by atoms with E-state index in [4.69, 9.17) is 4.74 Å². The molecule has 0 aliphatic rings. The molecule has 1 aromatic heterocycles. The van der Waals surface area contributed by atoms with Crippen molar-refractivity contribution in [2.45, 2.75) is 0 Å². The van der Waals surface area contributed by atoms with E-state index in [9.17, 15) is 0 Å². The summed E-state index contributed by atoms with van der Waals surface area (Å²) in [6.07, 6.45) is 1.87. The predicted octanol–water partition coefficient (Wildman–Crippen LogP) is 3.91. The summed E-state index contributed by atoms with van der Waals surface area (Å²) < 4.78 is 5.31. The van der Waals surface area contributed by atoms with Gasteiger partial charge < -0.3 is 4.74 Å². The van der Waals surface area contributed by atoms with Crippen molar-refractivity contribution in [1.29, 1.82) is 0 Å². The van der Waals surface area contributed by atoms with E-state index in [0.29, 0.717) is 5.88 Å². The largest absolute Gasteiger partial charge is 0.481 e. The molecule has 2 nitrogen and oxygen atoms in total. The Hall–Kier alpha value is -2.35. The predicted molar refractivity (Wildman–Crippen MR) is 73.7 cm³/mol. The molecule has 3 rings (SSSR count). The third-order valence-electron chi connectivity index (χ3n) is 3.04.